The lowest BCUT2D eigenvalue weighted by molar-refractivity contribution is -0.124. The summed E-state index contributed by atoms with van der Waals surface area (Å²) in [6.07, 6.45) is 0.681. The first-order chi connectivity index (χ1) is 9.25. The maximum absolute atomic E-state index is 12.0. The highest BCUT2D eigenvalue weighted by Crippen LogP contribution is 2.25. The quantitative estimate of drug-likeness (QED) is 0.479. The number of nitrogens with one attached hydrogen (secondary N) is 1. The Bertz CT molecular complexity index is 474. The second-order valence-corrected chi connectivity index (χ2v) is 5.48. The lowest BCUT2D eigenvalue weighted by Gasteiger charge is -2.27. The minimum atomic E-state index is -0.767. The second kappa shape index (κ2) is 6.58. The van der Waals surface area contributed by atoms with Gasteiger partial charge in [-0.15, -0.1) is 0 Å². The van der Waals surface area contributed by atoms with Crippen molar-refractivity contribution in [2.24, 2.45) is 5.73 Å². The van der Waals surface area contributed by atoms with Gasteiger partial charge in [0.15, 0.2) is 11.5 Å². The van der Waals surface area contributed by atoms with Crippen molar-refractivity contribution >= 4 is 5.91 Å². The zero-order valence-corrected chi connectivity index (χ0v) is 11.8. The number of hydrogen-bond donors (Lipinski definition) is 5. The van der Waals surface area contributed by atoms with E-state index >= 15 is 0 Å². The number of amides is 1. The molecule has 1 atom stereocenters. The van der Waals surface area contributed by atoms with E-state index in [1.807, 2.05) is 0 Å². The Balaban J connectivity index is 2.63. The Morgan fingerprint density at radius 2 is 2.00 bits per heavy atom. The van der Waals surface area contributed by atoms with Crippen LogP contribution in [0.2, 0.25) is 0 Å². The molecule has 1 aromatic rings. The molecular weight excluding hydrogens is 260 g/mol. The molecule has 0 bridgehead atoms. The SMILES string of the molecule is CC(C)(CCO)NC(=O)[C@@H](N)Cc1ccc(O)c(O)c1. The zero-order chi connectivity index (χ0) is 15.3. The summed E-state index contributed by atoms with van der Waals surface area (Å²) < 4.78 is 0. The largest absolute Gasteiger partial charge is 0.504 e. The number of nitrogens with two attached hydrogens (primary N) is 1. The average Bonchev–Trinajstić information content (AvgIpc) is 2.33. The number of phenols is 2. The van der Waals surface area contributed by atoms with Crippen molar-refractivity contribution in [3.8, 4) is 11.5 Å². The number of aliphatic hydroxyl groups excluding tert-OH is 1. The predicted molar refractivity (Wildman–Crippen MR) is 75.4 cm³/mol. The Labute approximate surface area is 118 Å². The van der Waals surface area contributed by atoms with Gasteiger partial charge in [0.05, 0.1) is 6.04 Å². The number of carbonyl (C=O) groups is 1. The van der Waals surface area contributed by atoms with Crippen LogP contribution in [0.1, 0.15) is 25.8 Å². The van der Waals surface area contributed by atoms with Gasteiger partial charge in [0.25, 0.3) is 0 Å². The van der Waals surface area contributed by atoms with E-state index < -0.39 is 11.6 Å². The zero-order valence-electron chi connectivity index (χ0n) is 11.8. The molecule has 0 radical (unpaired) electrons. The molecule has 0 aliphatic heterocycles. The molecule has 0 heterocycles. The summed E-state index contributed by atoms with van der Waals surface area (Å²) in [5.41, 5.74) is 5.95. The highest BCUT2D eigenvalue weighted by molar-refractivity contribution is 5.82. The molecule has 0 aliphatic rings. The van der Waals surface area contributed by atoms with Crippen molar-refractivity contribution in [1.29, 1.82) is 0 Å². The van der Waals surface area contributed by atoms with E-state index in [9.17, 15) is 15.0 Å². The van der Waals surface area contributed by atoms with E-state index in [0.29, 0.717) is 12.0 Å². The van der Waals surface area contributed by atoms with Crippen molar-refractivity contribution in [2.45, 2.75) is 38.3 Å². The summed E-state index contributed by atoms with van der Waals surface area (Å²) in [4.78, 5) is 12.0. The van der Waals surface area contributed by atoms with E-state index in [4.69, 9.17) is 10.8 Å². The molecule has 1 amide bonds. The number of hydrogen-bond acceptors (Lipinski definition) is 5. The fourth-order valence-electron chi connectivity index (χ4n) is 1.81. The summed E-state index contributed by atoms with van der Waals surface area (Å²) in [5.74, 6) is -0.775. The molecule has 0 saturated heterocycles. The molecule has 6 nitrogen and oxygen atoms in total. The first-order valence-corrected chi connectivity index (χ1v) is 6.44. The molecule has 0 fully saturated rings. The summed E-state index contributed by atoms with van der Waals surface area (Å²) in [6, 6.07) is 3.56. The van der Waals surface area contributed by atoms with Crippen LogP contribution in [0.15, 0.2) is 18.2 Å². The first-order valence-electron chi connectivity index (χ1n) is 6.44. The van der Waals surface area contributed by atoms with Crippen molar-refractivity contribution in [3.63, 3.8) is 0 Å². The third-order valence-corrected chi connectivity index (χ3v) is 3.03. The summed E-state index contributed by atoms with van der Waals surface area (Å²) >= 11 is 0. The molecule has 0 aliphatic carbocycles. The maximum atomic E-state index is 12.0. The molecular formula is C14H22N2O4. The monoisotopic (exact) mass is 282 g/mol. The van der Waals surface area contributed by atoms with E-state index in [1.54, 1.807) is 19.9 Å². The minimum Gasteiger partial charge on any atom is -0.504 e. The van der Waals surface area contributed by atoms with Crippen LogP contribution >= 0.6 is 0 Å². The minimum absolute atomic E-state index is 0.0195. The molecule has 0 saturated carbocycles. The van der Waals surface area contributed by atoms with Crippen LogP contribution in [-0.4, -0.2) is 39.4 Å². The third-order valence-electron chi connectivity index (χ3n) is 3.03. The van der Waals surface area contributed by atoms with E-state index in [0.717, 1.165) is 0 Å². The van der Waals surface area contributed by atoms with Crippen LogP contribution < -0.4 is 11.1 Å². The van der Waals surface area contributed by atoms with Crippen molar-refractivity contribution in [3.05, 3.63) is 23.8 Å². The van der Waals surface area contributed by atoms with Gasteiger partial charge in [0.1, 0.15) is 0 Å². The molecule has 0 aromatic heterocycles. The van der Waals surface area contributed by atoms with Gasteiger partial charge in [0, 0.05) is 12.1 Å². The molecule has 0 spiro atoms. The highest BCUT2D eigenvalue weighted by atomic mass is 16.3. The van der Waals surface area contributed by atoms with Crippen LogP contribution in [0.4, 0.5) is 0 Å². The molecule has 6 N–H and O–H groups in total. The fraction of sp³-hybridized carbons (Fsp3) is 0.500. The van der Waals surface area contributed by atoms with Crippen LogP contribution in [0.5, 0.6) is 11.5 Å². The fourth-order valence-corrected chi connectivity index (χ4v) is 1.81. The van der Waals surface area contributed by atoms with Gasteiger partial charge in [-0.05, 0) is 44.4 Å². The van der Waals surface area contributed by atoms with Crippen molar-refractivity contribution in [2.75, 3.05) is 6.61 Å². The van der Waals surface area contributed by atoms with Crippen LogP contribution in [0.25, 0.3) is 0 Å². The smallest absolute Gasteiger partial charge is 0.237 e. The molecule has 1 aromatic carbocycles. The highest BCUT2D eigenvalue weighted by Gasteiger charge is 2.23. The topological polar surface area (TPSA) is 116 Å². The van der Waals surface area contributed by atoms with Gasteiger partial charge in [-0.1, -0.05) is 6.07 Å². The van der Waals surface area contributed by atoms with E-state index in [1.165, 1.54) is 12.1 Å². The molecule has 1 rings (SSSR count). The first kappa shape index (κ1) is 16.3. The van der Waals surface area contributed by atoms with Gasteiger partial charge >= 0.3 is 0 Å². The van der Waals surface area contributed by atoms with Crippen molar-refractivity contribution in [1.82, 2.24) is 5.32 Å². The van der Waals surface area contributed by atoms with Gasteiger partial charge in [0.2, 0.25) is 5.91 Å². The molecule has 20 heavy (non-hydrogen) atoms. The Kier molecular flexibility index (Phi) is 5.35. The van der Waals surface area contributed by atoms with Crippen LogP contribution in [0, 0.1) is 0 Å². The molecule has 112 valence electrons. The molecule has 0 unspecified atom stereocenters. The summed E-state index contributed by atoms with van der Waals surface area (Å²) in [5, 5.41) is 30.3. The Morgan fingerprint density at radius 1 is 1.35 bits per heavy atom. The standard InChI is InChI=1S/C14H22N2O4/c1-14(2,5-6-17)16-13(20)10(15)7-9-3-4-11(18)12(19)8-9/h3-4,8,10,17-19H,5-7,15H2,1-2H3,(H,16,20)/t10-/m0/s1. The average molecular weight is 282 g/mol. The number of aromatic hydroxyl groups is 2. The molecule has 6 heteroatoms. The number of rotatable bonds is 6. The van der Waals surface area contributed by atoms with E-state index in [-0.39, 0.29) is 30.4 Å². The number of carbonyl (C=O) groups excluding carboxylic acids is 1. The Hall–Kier alpha value is -1.79. The van der Waals surface area contributed by atoms with Gasteiger partial charge in [-0.25, -0.2) is 0 Å². The Morgan fingerprint density at radius 3 is 2.55 bits per heavy atom. The van der Waals surface area contributed by atoms with E-state index in [2.05, 4.69) is 5.32 Å². The normalized spacial score (nSPS) is 13.0. The van der Waals surface area contributed by atoms with Gasteiger partial charge < -0.3 is 26.4 Å². The van der Waals surface area contributed by atoms with Crippen LogP contribution in [-0.2, 0) is 11.2 Å². The maximum Gasteiger partial charge on any atom is 0.237 e. The van der Waals surface area contributed by atoms with Crippen LogP contribution in [0.3, 0.4) is 0 Å². The second-order valence-electron chi connectivity index (χ2n) is 5.48. The summed E-state index contributed by atoms with van der Waals surface area (Å²) in [6.45, 7) is 3.59. The predicted octanol–water partition coefficient (Wildman–Crippen LogP) is 0.245. The van der Waals surface area contributed by atoms with Gasteiger partial charge in [-0.2, -0.15) is 0 Å². The van der Waals surface area contributed by atoms with Crippen molar-refractivity contribution < 1.29 is 20.1 Å². The lowest BCUT2D eigenvalue weighted by atomic mass is 9.99. The summed E-state index contributed by atoms with van der Waals surface area (Å²) in [7, 11) is 0. The number of aliphatic hydroxyl groups is 1. The number of phenolic OH excluding ortho intramolecular Hbond substituents is 2. The number of benzene rings is 1. The third kappa shape index (κ3) is 4.71. The lowest BCUT2D eigenvalue weighted by Crippen LogP contribution is -2.51. The van der Waals surface area contributed by atoms with Gasteiger partial charge in [-0.3, -0.25) is 4.79 Å².